The summed E-state index contributed by atoms with van der Waals surface area (Å²) in [5.74, 6) is 0. The SMILES string of the molecule is O=S(=O)(O)NCc1ccccc1.[NaH]. The van der Waals surface area contributed by atoms with Gasteiger partial charge >= 0.3 is 39.9 Å². The van der Waals surface area contributed by atoms with Gasteiger partial charge in [-0.05, 0) is 5.56 Å². The topological polar surface area (TPSA) is 66.4 Å². The Morgan fingerprint density at radius 2 is 1.77 bits per heavy atom. The molecule has 0 aliphatic rings. The van der Waals surface area contributed by atoms with Crippen molar-refractivity contribution in [1.82, 2.24) is 4.72 Å². The molecule has 13 heavy (non-hydrogen) atoms. The van der Waals surface area contributed by atoms with E-state index in [-0.39, 0.29) is 36.1 Å². The van der Waals surface area contributed by atoms with E-state index in [2.05, 4.69) is 0 Å². The molecule has 0 aliphatic heterocycles. The number of hydrogen-bond acceptors (Lipinski definition) is 2. The second-order valence-electron chi connectivity index (χ2n) is 2.28. The molecule has 0 atom stereocenters. The molecule has 1 aromatic carbocycles. The predicted molar refractivity (Wildman–Crippen MR) is 52.0 cm³/mol. The molecular weight excluding hydrogens is 201 g/mol. The van der Waals surface area contributed by atoms with Crippen LogP contribution in [0.4, 0.5) is 0 Å². The molecule has 0 amide bonds. The van der Waals surface area contributed by atoms with Crippen molar-refractivity contribution < 1.29 is 13.0 Å². The van der Waals surface area contributed by atoms with Crippen LogP contribution in [0.2, 0.25) is 0 Å². The Hall–Kier alpha value is 0.0900. The third kappa shape index (κ3) is 6.20. The van der Waals surface area contributed by atoms with Crippen molar-refractivity contribution in [3.63, 3.8) is 0 Å². The van der Waals surface area contributed by atoms with Gasteiger partial charge in [-0.1, -0.05) is 30.3 Å². The summed E-state index contributed by atoms with van der Waals surface area (Å²) < 4.78 is 30.8. The van der Waals surface area contributed by atoms with Gasteiger partial charge in [0.25, 0.3) is 0 Å². The number of hydrogen-bond donors (Lipinski definition) is 2. The van der Waals surface area contributed by atoms with E-state index in [1.807, 2.05) is 10.8 Å². The molecule has 0 spiro atoms. The zero-order valence-corrected chi connectivity index (χ0v) is 7.08. The van der Waals surface area contributed by atoms with Gasteiger partial charge in [-0.2, -0.15) is 13.1 Å². The van der Waals surface area contributed by atoms with Crippen molar-refractivity contribution in [3.8, 4) is 0 Å². The average Bonchev–Trinajstić information content (AvgIpc) is 2.02. The van der Waals surface area contributed by atoms with Gasteiger partial charge in [-0.3, -0.25) is 4.55 Å². The zero-order valence-electron chi connectivity index (χ0n) is 6.27. The van der Waals surface area contributed by atoms with E-state index in [4.69, 9.17) is 4.55 Å². The molecule has 1 rings (SSSR count). The van der Waals surface area contributed by atoms with Gasteiger partial charge in [0, 0.05) is 6.54 Å². The van der Waals surface area contributed by atoms with Gasteiger partial charge in [0.1, 0.15) is 0 Å². The Balaban J connectivity index is 0.00000144. The Morgan fingerprint density at radius 1 is 1.23 bits per heavy atom. The van der Waals surface area contributed by atoms with Crippen LogP contribution in [0.25, 0.3) is 0 Å². The van der Waals surface area contributed by atoms with E-state index >= 15 is 0 Å². The summed E-state index contributed by atoms with van der Waals surface area (Å²) >= 11 is 0. The first-order chi connectivity index (χ1) is 5.58. The van der Waals surface area contributed by atoms with Gasteiger partial charge in [-0.15, -0.1) is 0 Å². The summed E-state index contributed by atoms with van der Waals surface area (Å²) in [7, 11) is -4.07. The van der Waals surface area contributed by atoms with Crippen LogP contribution in [0, 0.1) is 0 Å². The summed E-state index contributed by atoms with van der Waals surface area (Å²) in [4.78, 5) is 0. The third-order valence-electron chi connectivity index (χ3n) is 1.30. The molecule has 0 heterocycles. The van der Waals surface area contributed by atoms with Crippen LogP contribution < -0.4 is 4.72 Å². The Bertz CT molecular complexity index is 338. The standard InChI is InChI=1S/C7H9NO3S.Na.H/c9-12(10,11)8-6-7-4-2-1-3-5-7;;/h1-5,8H,6H2,(H,9,10,11);;. The van der Waals surface area contributed by atoms with Crippen LogP contribution in [0.15, 0.2) is 30.3 Å². The molecule has 0 fully saturated rings. The molecule has 6 heteroatoms. The summed E-state index contributed by atoms with van der Waals surface area (Å²) in [5, 5.41) is 0. The Morgan fingerprint density at radius 3 is 2.23 bits per heavy atom. The second kappa shape index (κ2) is 5.74. The van der Waals surface area contributed by atoms with E-state index in [9.17, 15) is 8.42 Å². The molecule has 0 unspecified atom stereocenters. The predicted octanol–water partition coefficient (Wildman–Crippen LogP) is -0.0695. The van der Waals surface area contributed by atoms with Gasteiger partial charge in [0.15, 0.2) is 0 Å². The molecule has 0 bridgehead atoms. The maximum atomic E-state index is 10.2. The van der Waals surface area contributed by atoms with E-state index in [0.717, 1.165) is 5.56 Å². The zero-order chi connectivity index (χ0) is 9.03. The minimum atomic E-state index is -4.07. The van der Waals surface area contributed by atoms with E-state index in [1.165, 1.54) is 0 Å². The van der Waals surface area contributed by atoms with Gasteiger partial charge in [0.05, 0.1) is 0 Å². The maximum absolute atomic E-state index is 10.2. The van der Waals surface area contributed by atoms with Crippen LogP contribution in [0.1, 0.15) is 5.56 Å². The van der Waals surface area contributed by atoms with Crippen molar-refractivity contribution in [3.05, 3.63) is 35.9 Å². The summed E-state index contributed by atoms with van der Waals surface area (Å²) in [6, 6.07) is 8.94. The molecule has 1 aromatic rings. The van der Waals surface area contributed by atoms with Gasteiger partial charge < -0.3 is 0 Å². The number of nitrogens with one attached hydrogen (secondary N) is 1. The van der Waals surface area contributed by atoms with Crippen LogP contribution in [0.3, 0.4) is 0 Å². The van der Waals surface area contributed by atoms with Crippen LogP contribution in [-0.2, 0) is 16.8 Å². The van der Waals surface area contributed by atoms with Crippen molar-refractivity contribution in [2.24, 2.45) is 0 Å². The summed E-state index contributed by atoms with van der Waals surface area (Å²) in [6.45, 7) is 0.111. The molecule has 0 saturated heterocycles. The van der Waals surface area contributed by atoms with E-state index < -0.39 is 10.3 Å². The van der Waals surface area contributed by atoms with Crippen molar-refractivity contribution in [1.29, 1.82) is 0 Å². The Labute approximate surface area is 99.5 Å². The molecule has 0 radical (unpaired) electrons. The number of rotatable bonds is 3. The Kier molecular flexibility index (Phi) is 5.78. The fourth-order valence-electron chi connectivity index (χ4n) is 0.770. The second-order valence-corrected chi connectivity index (χ2v) is 3.52. The fraction of sp³-hybridized carbons (Fsp3) is 0.143. The van der Waals surface area contributed by atoms with Crippen molar-refractivity contribution in [2.75, 3.05) is 0 Å². The van der Waals surface area contributed by atoms with Crippen LogP contribution in [-0.4, -0.2) is 42.5 Å². The van der Waals surface area contributed by atoms with Gasteiger partial charge in [-0.25, -0.2) is 0 Å². The average molecular weight is 211 g/mol. The van der Waals surface area contributed by atoms with Gasteiger partial charge in [0.2, 0.25) is 0 Å². The third-order valence-corrected chi connectivity index (χ3v) is 1.81. The molecule has 0 aliphatic carbocycles. The first-order valence-corrected chi connectivity index (χ1v) is 4.78. The quantitative estimate of drug-likeness (QED) is 0.543. The van der Waals surface area contributed by atoms with Crippen LogP contribution in [0.5, 0.6) is 0 Å². The normalized spacial score (nSPS) is 10.5. The van der Waals surface area contributed by atoms with Crippen molar-refractivity contribution in [2.45, 2.75) is 6.54 Å². The van der Waals surface area contributed by atoms with Crippen LogP contribution >= 0.6 is 0 Å². The molecule has 0 saturated carbocycles. The molecule has 0 aromatic heterocycles. The minimum absolute atomic E-state index is 0. The fourth-order valence-corrected chi connectivity index (χ4v) is 1.12. The summed E-state index contributed by atoms with van der Waals surface area (Å²) in [5.41, 5.74) is 0.801. The van der Waals surface area contributed by atoms with E-state index in [1.54, 1.807) is 24.3 Å². The molecule has 68 valence electrons. The molecule has 2 N–H and O–H groups in total. The molecule has 4 nitrogen and oxygen atoms in total. The molecular formula is C7H10NNaO3S. The first-order valence-electron chi connectivity index (χ1n) is 3.34. The monoisotopic (exact) mass is 211 g/mol. The number of benzene rings is 1. The summed E-state index contributed by atoms with van der Waals surface area (Å²) in [6.07, 6.45) is 0. The van der Waals surface area contributed by atoms with E-state index in [0.29, 0.717) is 0 Å². The van der Waals surface area contributed by atoms with Crippen molar-refractivity contribution >= 4 is 39.9 Å². The first kappa shape index (κ1) is 13.1.